The lowest BCUT2D eigenvalue weighted by atomic mass is 10.2. The summed E-state index contributed by atoms with van der Waals surface area (Å²) in [4.78, 5) is 30.7. The fourth-order valence-electron chi connectivity index (χ4n) is 3.05. The molecule has 0 saturated carbocycles. The van der Waals surface area contributed by atoms with Gasteiger partial charge in [0.05, 0.1) is 34.2 Å². The van der Waals surface area contributed by atoms with Gasteiger partial charge in [0.1, 0.15) is 0 Å². The molecular weight excluding hydrogens is 368 g/mol. The number of ketones is 1. The van der Waals surface area contributed by atoms with Crippen LogP contribution in [0.1, 0.15) is 22.5 Å². The number of fused-ring (bicyclic) bond motifs is 1. The number of benzene rings is 1. The average molecular weight is 386 g/mol. The van der Waals surface area contributed by atoms with Gasteiger partial charge in [-0.1, -0.05) is 30.0 Å². The highest BCUT2D eigenvalue weighted by Gasteiger charge is 2.21. The summed E-state index contributed by atoms with van der Waals surface area (Å²) in [5, 5.41) is 3.06. The molecule has 3 heterocycles. The van der Waals surface area contributed by atoms with Crippen LogP contribution in [0.2, 0.25) is 0 Å². The Morgan fingerprint density at radius 1 is 1.31 bits per heavy atom. The lowest BCUT2D eigenvalue weighted by molar-refractivity contribution is 0.0937. The Kier molecular flexibility index (Phi) is 5.19. The van der Waals surface area contributed by atoms with Crippen LogP contribution in [-0.2, 0) is 11.3 Å². The van der Waals surface area contributed by atoms with Crippen LogP contribution in [0.4, 0.5) is 0 Å². The van der Waals surface area contributed by atoms with Crippen LogP contribution in [0.25, 0.3) is 10.9 Å². The van der Waals surface area contributed by atoms with E-state index in [-0.39, 0.29) is 23.2 Å². The Morgan fingerprint density at radius 2 is 2.19 bits per heavy atom. The monoisotopic (exact) mass is 386 g/mol. The first-order valence-electron chi connectivity index (χ1n) is 8.53. The standard InChI is InChI=1S/C19H18N2O3S2/c22-16(17-8-4-10-25-17)12-26-19-20-15-7-2-1-6-14(15)18(23)21(19)11-13-5-3-9-24-13/h1-2,4,6-8,10,13H,3,5,9,11-12H2/t13-/m1/s1. The fraction of sp³-hybridized carbons (Fsp3) is 0.316. The van der Waals surface area contributed by atoms with Gasteiger partial charge in [0.25, 0.3) is 5.56 Å². The van der Waals surface area contributed by atoms with E-state index in [1.165, 1.54) is 23.1 Å². The van der Waals surface area contributed by atoms with Crippen molar-refractivity contribution in [3.63, 3.8) is 0 Å². The summed E-state index contributed by atoms with van der Waals surface area (Å²) in [5.74, 6) is 0.313. The highest BCUT2D eigenvalue weighted by Crippen LogP contribution is 2.22. The number of nitrogens with zero attached hydrogens (tertiary/aromatic N) is 2. The largest absolute Gasteiger partial charge is 0.376 e. The molecule has 0 amide bonds. The van der Waals surface area contributed by atoms with Gasteiger partial charge in [-0.25, -0.2) is 4.98 Å². The van der Waals surface area contributed by atoms with Crippen molar-refractivity contribution in [1.82, 2.24) is 9.55 Å². The summed E-state index contributed by atoms with van der Waals surface area (Å²) in [6, 6.07) is 11.0. The first kappa shape index (κ1) is 17.5. The zero-order chi connectivity index (χ0) is 17.9. The third-order valence-electron chi connectivity index (χ3n) is 4.37. The van der Waals surface area contributed by atoms with Gasteiger partial charge in [0.2, 0.25) is 0 Å². The lowest BCUT2D eigenvalue weighted by Gasteiger charge is -2.16. The minimum atomic E-state index is -0.0721. The minimum absolute atomic E-state index is 0.0306. The molecule has 0 N–H and O–H groups in total. The summed E-state index contributed by atoms with van der Waals surface area (Å²) in [7, 11) is 0. The molecule has 0 aliphatic carbocycles. The minimum Gasteiger partial charge on any atom is -0.376 e. The normalized spacial score (nSPS) is 17.0. The highest BCUT2D eigenvalue weighted by atomic mass is 32.2. The van der Waals surface area contributed by atoms with Crippen LogP contribution < -0.4 is 5.56 Å². The number of hydrogen-bond donors (Lipinski definition) is 0. The van der Waals surface area contributed by atoms with Crippen LogP contribution in [0, 0.1) is 0 Å². The summed E-state index contributed by atoms with van der Waals surface area (Å²) in [5.41, 5.74) is 0.587. The topological polar surface area (TPSA) is 61.2 Å². The predicted molar refractivity (Wildman–Crippen MR) is 104 cm³/mol. The van der Waals surface area contributed by atoms with E-state index in [2.05, 4.69) is 4.98 Å². The number of thiophene rings is 1. The molecular formula is C19H18N2O3S2. The van der Waals surface area contributed by atoms with Crippen LogP contribution in [0.3, 0.4) is 0 Å². The molecule has 1 aromatic carbocycles. The number of carbonyl (C=O) groups excluding carboxylic acids is 1. The molecule has 1 saturated heterocycles. The number of hydrogen-bond acceptors (Lipinski definition) is 6. The predicted octanol–water partition coefficient (Wildman–Crippen LogP) is 3.61. The number of carbonyl (C=O) groups is 1. The van der Waals surface area contributed by atoms with Gasteiger partial charge >= 0.3 is 0 Å². The van der Waals surface area contributed by atoms with Crippen molar-refractivity contribution in [2.75, 3.05) is 12.4 Å². The number of aromatic nitrogens is 2. The first-order chi connectivity index (χ1) is 12.7. The van der Waals surface area contributed by atoms with E-state index < -0.39 is 0 Å². The third kappa shape index (κ3) is 3.60. The van der Waals surface area contributed by atoms with Gasteiger partial charge in [0.15, 0.2) is 10.9 Å². The molecule has 0 spiro atoms. The zero-order valence-electron chi connectivity index (χ0n) is 14.1. The number of thioether (sulfide) groups is 1. The number of Topliss-reactive ketones (excluding diaryl/α,β-unsaturated/α-hetero) is 1. The van der Waals surface area contributed by atoms with Gasteiger partial charge in [0, 0.05) is 6.61 Å². The maximum atomic E-state index is 13.0. The molecule has 0 unspecified atom stereocenters. The molecule has 26 heavy (non-hydrogen) atoms. The lowest BCUT2D eigenvalue weighted by Crippen LogP contribution is -2.29. The Hall–Kier alpha value is -1.96. The van der Waals surface area contributed by atoms with Gasteiger partial charge in [-0.3, -0.25) is 14.2 Å². The van der Waals surface area contributed by atoms with E-state index in [1.807, 2.05) is 35.7 Å². The quantitative estimate of drug-likeness (QED) is 0.368. The summed E-state index contributed by atoms with van der Waals surface area (Å²) in [6.07, 6.45) is 1.99. The van der Waals surface area contributed by atoms with E-state index in [4.69, 9.17) is 4.74 Å². The molecule has 1 atom stereocenters. The second kappa shape index (κ2) is 7.73. The molecule has 2 aromatic heterocycles. The van der Waals surface area contributed by atoms with Gasteiger partial charge in [-0.15, -0.1) is 11.3 Å². The van der Waals surface area contributed by atoms with Crippen molar-refractivity contribution in [1.29, 1.82) is 0 Å². The number of ether oxygens (including phenoxy) is 1. The smallest absolute Gasteiger partial charge is 0.262 e. The molecule has 1 aliphatic heterocycles. The molecule has 5 nitrogen and oxygen atoms in total. The van der Waals surface area contributed by atoms with E-state index in [1.54, 1.807) is 10.6 Å². The van der Waals surface area contributed by atoms with Crippen molar-refractivity contribution in [2.45, 2.75) is 30.6 Å². The van der Waals surface area contributed by atoms with Crippen molar-refractivity contribution in [3.8, 4) is 0 Å². The maximum Gasteiger partial charge on any atom is 0.262 e. The van der Waals surface area contributed by atoms with Crippen molar-refractivity contribution in [3.05, 3.63) is 57.0 Å². The average Bonchev–Trinajstić information content (AvgIpc) is 3.36. The molecule has 7 heteroatoms. The number of para-hydroxylation sites is 1. The molecule has 0 radical (unpaired) electrons. The highest BCUT2D eigenvalue weighted by molar-refractivity contribution is 7.99. The van der Waals surface area contributed by atoms with Crippen molar-refractivity contribution in [2.24, 2.45) is 0 Å². The SMILES string of the molecule is O=C(CSc1nc2ccccc2c(=O)n1C[C@H]1CCCO1)c1cccs1. The molecule has 4 rings (SSSR count). The van der Waals surface area contributed by atoms with E-state index in [9.17, 15) is 9.59 Å². The van der Waals surface area contributed by atoms with Gasteiger partial charge < -0.3 is 4.74 Å². The van der Waals surface area contributed by atoms with Crippen LogP contribution in [-0.4, -0.2) is 33.8 Å². The second-order valence-corrected chi connectivity index (χ2v) is 8.04. The van der Waals surface area contributed by atoms with Crippen LogP contribution in [0.15, 0.2) is 51.7 Å². The van der Waals surface area contributed by atoms with Gasteiger partial charge in [-0.2, -0.15) is 0 Å². The second-order valence-electron chi connectivity index (χ2n) is 6.15. The fourth-order valence-corrected chi connectivity index (χ4v) is 4.70. The Morgan fingerprint density at radius 3 is 2.96 bits per heavy atom. The maximum absolute atomic E-state index is 13.0. The van der Waals surface area contributed by atoms with Crippen molar-refractivity contribution >= 4 is 39.8 Å². The molecule has 1 aliphatic rings. The van der Waals surface area contributed by atoms with Crippen LogP contribution >= 0.6 is 23.1 Å². The van der Waals surface area contributed by atoms with E-state index in [0.29, 0.717) is 22.6 Å². The summed E-state index contributed by atoms with van der Waals surface area (Å²) < 4.78 is 7.37. The summed E-state index contributed by atoms with van der Waals surface area (Å²) >= 11 is 2.75. The molecule has 0 bridgehead atoms. The molecule has 134 valence electrons. The Labute approximate surface area is 159 Å². The van der Waals surface area contributed by atoms with E-state index in [0.717, 1.165) is 24.3 Å². The summed E-state index contributed by atoms with van der Waals surface area (Å²) in [6.45, 7) is 1.21. The Bertz CT molecular complexity index is 976. The number of rotatable bonds is 6. The third-order valence-corrected chi connectivity index (χ3v) is 6.25. The molecule has 3 aromatic rings. The zero-order valence-corrected chi connectivity index (χ0v) is 15.7. The van der Waals surface area contributed by atoms with E-state index >= 15 is 0 Å². The first-order valence-corrected chi connectivity index (χ1v) is 10.4. The Balaban J connectivity index is 1.66. The van der Waals surface area contributed by atoms with Crippen LogP contribution in [0.5, 0.6) is 0 Å². The molecule has 1 fully saturated rings. The van der Waals surface area contributed by atoms with Gasteiger partial charge in [-0.05, 0) is 36.4 Å². The van der Waals surface area contributed by atoms with Crippen molar-refractivity contribution < 1.29 is 9.53 Å².